The molecule has 0 unspecified atom stereocenters. The van der Waals surface area contributed by atoms with Crippen molar-refractivity contribution in [3.05, 3.63) is 83.1 Å². The second-order valence-electron chi connectivity index (χ2n) is 6.38. The lowest BCUT2D eigenvalue weighted by Crippen LogP contribution is -2.19. The van der Waals surface area contributed by atoms with Crippen LogP contribution in [0, 0.1) is 0 Å². The fraction of sp³-hybridized carbons (Fsp3) is 0.0455. The molecule has 1 aliphatic rings. The molecule has 136 valence electrons. The number of nitrogens with one attached hydrogen (secondary N) is 1. The maximum atomic E-state index is 12.3. The van der Waals surface area contributed by atoms with Crippen molar-refractivity contribution in [3.63, 3.8) is 0 Å². The highest BCUT2D eigenvalue weighted by Crippen LogP contribution is 2.31. The molecule has 1 amide bonds. The molecule has 1 aliphatic heterocycles. The summed E-state index contributed by atoms with van der Waals surface area (Å²) in [7, 11) is 0. The van der Waals surface area contributed by atoms with Crippen molar-refractivity contribution in [2.75, 3.05) is 0 Å². The van der Waals surface area contributed by atoms with Gasteiger partial charge in [-0.1, -0.05) is 42.5 Å². The van der Waals surface area contributed by atoms with Gasteiger partial charge in [0.05, 0.1) is 17.0 Å². The Morgan fingerprint density at radius 3 is 2.82 bits per heavy atom. The first-order chi connectivity index (χ1) is 13.8. The van der Waals surface area contributed by atoms with Gasteiger partial charge in [-0.25, -0.2) is 0 Å². The monoisotopic (exact) mass is 385 g/mol. The number of rotatable bonds is 3. The SMILES string of the molecule is O=C1NC(=NCc2ccccc2)S/C1=C\c1cc2cnc3ccccc3c2o1. The van der Waals surface area contributed by atoms with Crippen LogP contribution in [0.2, 0.25) is 0 Å². The largest absolute Gasteiger partial charge is 0.456 e. The van der Waals surface area contributed by atoms with Gasteiger partial charge in [-0.3, -0.25) is 14.8 Å². The zero-order valence-corrected chi connectivity index (χ0v) is 15.6. The van der Waals surface area contributed by atoms with E-state index in [1.807, 2.05) is 60.7 Å². The van der Waals surface area contributed by atoms with Gasteiger partial charge < -0.3 is 9.73 Å². The minimum atomic E-state index is -0.166. The van der Waals surface area contributed by atoms with Gasteiger partial charge in [0.2, 0.25) is 0 Å². The van der Waals surface area contributed by atoms with E-state index in [1.54, 1.807) is 12.3 Å². The quantitative estimate of drug-likeness (QED) is 0.517. The topological polar surface area (TPSA) is 67.5 Å². The molecular weight excluding hydrogens is 370 g/mol. The summed E-state index contributed by atoms with van der Waals surface area (Å²) in [6, 6.07) is 19.7. The number of aromatic nitrogens is 1. The summed E-state index contributed by atoms with van der Waals surface area (Å²) >= 11 is 1.32. The summed E-state index contributed by atoms with van der Waals surface area (Å²) in [6.07, 6.45) is 3.54. The first-order valence-corrected chi connectivity index (χ1v) is 9.64. The molecule has 3 heterocycles. The van der Waals surface area contributed by atoms with Gasteiger partial charge in [0.25, 0.3) is 5.91 Å². The highest BCUT2D eigenvalue weighted by molar-refractivity contribution is 8.18. The first kappa shape index (κ1) is 16.8. The number of amides is 1. The molecule has 0 atom stereocenters. The molecule has 5 rings (SSSR count). The van der Waals surface area contributed by atoms with Crippen molar-refractivity contribution in [3.8, 4) is 0 Å². The molecule has 1 saturated heterocycles. The van der Waals surface area contributed by atoms with Crippen LogP contribution in [0.4, 0.5) is 0 Å². The van der Waals surface area contributed by atoms with Crippen LogP contribution in [0.5, 0.6) is 0 Å². The minimum absolute atomic E-state index is 0.166. The molecule has 28 heavy (non-hydrogen) atoms. The van der Waals surface area contributed by atoms with Crippen molar-refractivity contribution in [1.29, 1.82) is 0 Å². The highest BCUT2D eigenvalue weighted by atomic mass is 32.2. The zero-order chi connectivity index (χ0) is 18.9. The maximum absolute atomic E-state index is 12.3. The highest BCUT2D eigenvalue weighted by Gasteiger charge is 2.24. The second kappa shape index (κ2) is 6.98. The standard InChI is InChI=1S/C22H15N3O2S/c26-21-19(28-22(25-21)24-12-14-6-2-1-3-7-14)11-16-10-15-13-23-18-9-5-4-8-17(18)20(15)27-16/h1-11,13H,12H2,(H,24,25,26)/b19-11-. The normalized spacial score (nSPS) is 17.1. The van der Waals surface area contributed by atoms with Crippen LogP contribution in [0.25, 0.3) is 27.9 Å². The number of carbonyl (C=O) groups is 1. The van der Waals surface area contributed by atoms with Crippen LogP contribution < -0.4 is 5.32 Å². The van der Waals surface area contributed by atoms with E-state index in [0.717, 1.165) is 27.4 Å². The zero-order valence-electron chi connectivity index (χ0n) is 14.8. The molecule has 4 aromatic rings. The summed E-state index contributed by atoms with van der Waals surface area (Å²) in [6.45, 7) is 0.527. The van der Waals surface area contributed by atoms with Gasteiger partial charge in [0, 0.05) is 23.0 Å². The average Bonchev–Trinajstić information content (AvgIpc) is 3.30. The average molecular weight is 385 g/mol. The van der Waals surface area contributed by atoms with Crippen LogP contribution in [-0.2, 0) is 11.3 Å². The number of benzene rings is 2. The summed E-state index contributed by atoms with van der Waals surface area (Å²) in [5.74, 6) is 0.454. The van der Waals surface area contributed by atoms with Crippen molar-refractivity contribution < 1.29 is 9.21 Å². The molecule has 0 bridgehead atoms. The van der Waals surface area contributed by atoms with Gasteiger partial charge in [-0.05, 0) is 35.5 Å². The maximum Gasteiger partial charge on any atom is 0.264 e. The fourth-order valence-corrected chi connectivity index (χ4v) is 3.90. The number of para-hydroxylation sites is 1. The number of carbonyl (C=O) groups excluding carboxylic acids is 1. The van der Waals surface area contributed by atoms with Gasteiger partial charge in [0.15, 0.2) is 5.17 Å². The number of pyridine rings is 1. The smallest absolute Gasteiger partial charge is 0.264 e. The van der Waals surface area contributed by atoms with Crippen LogP contribution in [0.15, 0.2) is 81.2 Å². The van der Waals surface area contributed by atoms with E-state index in [9.17, 15) is 4.79 Å². The van der Waals surface area contributed by atoms with E-state index in [4.69, 9.17) is 4.42 Å². The van der Waals surface area contributed by atoms with E-state index in [1.165, 1.54) is 11.8 Å². The van der Waals surface area contributed by atoms with Crippen LogP contribution in [-0.4, -0.2) is 16.1 Å². The number of hydrogen-bond donors (Lipinski definition) is 1. The molecule has 1 fully saturated rings. The molecule has 2 aromatic carbocycles. The predicted octanol–water partition coefficient (Wildman–Crippen LogP) is 4.74. The Morgan fingerprint density at radius 2 is 1.93 bits per heavy atom. The predicted molar refractivity (Wildman–Crippen MR) is 113 cm³/mol. The van der Waals surface area contributed by atoms with E-state index < -0.39 is 0 Å². The third-order valence-corrected chi connectivity index (χ3v) is 5.39. The molecule has 5 nitrogen and oxygen atoms in total. The summed E-state index contributed by atoms with van der Waals surface area (Å²) < 4.78 is 6.01. The molecule has 1 N–H and O–H groups in total. The van der Waals surface area contributed by atoms with Crippen LogP contribution in [0.1, 0.15) is 11.3 Å². The summed E-state index contributed by atoms with van der Waals surface area (Å²) in [5.41, 5.74) is 2.75. The second-order valence-corrected chi connectivity index (χ2v) is 7.41. The lowest BCUT2D eigenvalue weighted by molar-refractivity contribution is -0.115. The Balaban J connectivity index is 1.43. The van der Waals surface area contributed by atoms with Crippen molar-refractivity contribution in [2.24, 2.45) is 4.99 Å². The Labute approximate surface area is 165 Å². The Bertz CT molecular complexity index is 1260. The van der Waals surface area contributed by atoms with E-state index in [0.29, 0.717) is 22.4 Å². The third kappa shape index (κ3) is 3.18. The third-order valence-electron chi connectivity index (χ3n) is 4.44. The van der Waals surface area contributed by atoms with Gasteiger partial charge in [-0.15, -0.1) is 0 Å². The fourth-order valence-electron chi connectivity index (χ4n) is 3.10. The summed E-state index contributed by atoms with van der Waals surface area (Å²) in [4.78, 5) is 21.8. The number of amidine groups is 1. The Morgan fingerprint density at radius 1 is 1.11 bits per heavy atom. The van der Waals surface area contributed by atoms with Crippen molar-refractivity contribution in [2.45, 2.75) is 6.54 Å². The number of aliphatic imine (C=N–C) groups is 1. The van der Waals surface area contributed by atoms with Gasteiger partial charge in [-0.2, -0.15) is 0 Å². The van der Waals surface area contributed by atoms with Crippen molar-refractivity contribution >= 4 is 50.8 Å². The van der Waals surface area contributed by atoms with E-state index in [2.05, 4.69) is 15.3 Å². The number of thioether (sulfide) groups is 1. The van der Waals surface area contributed by atoms with Crippen LogP contribution in [0.3, 0.4) is 0 Å². The lowest BCUT2D eigenvalue weighted by atomic mass is 10.2. The molecule has 2 aromatic heterocycles. The summed E-state index contributed by atoms with van der Waals surface area (Å²) in [5, 5.41) is 5.28. The van der Waals surface area contributed by atoms with Gasteiger partial charge in [0.1, 0.15) is 11.3 Å². The molecule has 0 spiro atoms. The Hall–Kier alpha value is -3.38. The number of hydrogen-bond acceptors (Lipinski definition) is 5. The molecule has 0 radical (unpaired) electrons. The first-order valence-electron chi connectivity index (χ1n) is 8.83. The number of nitrogens with zero attached hydrogens (tertiary/aromatic N) is 2. The van der Waals surface area contributed by atoms with Crippen LogP contribution >= 0.6 is 11.8 Å². The lowest BCUT2D eigenvalue weighted by Gasteiger charge is -1.96. The Kier molecular flexibility index (Phi) is 4.18. The van der Waals surface area contributed by atoms with Crippen molar-refractivity contribution in [1.82, 2.24) is 10.3 Å². The van der Waals surface area contributed by atoms with E-state index in [-0.39, 0.29) is 5.91 Å². The molecule has 0 aliphatic carbocycles. The van der Waals surface area contributed by atoms with E-state index >= 15 is 0 Å². The van der Waals surface area contributed by atoms with Gasteiger partial charge >= 0.3 is 0 Å². The molecular formula is C22H15N3O2S. The minimum Gasteiger partial charge on any atom is -0.456 e. The number of fused-ring (bicyclic) bond motifs is 3. The molecule has 6 heteroatoms. The molecule has 0 saturated carbocycles. The number of furan rings is 1.